The van der Waals surface area contributed by atoms with Crippen LogP contribution in [0.4, 0.5) is 22.0 Å². The Labute approximate surface area is 250 Å². The highest BCUT2D eigenvalue weighted by molar-refractivity contribution is 8.13. The smallest absolute Gasteiger partial charge is 0.416 e. The van der Waals surface area contributed by atoms with E-state index < -0.39 is 93.5 Å². The van der Waals surface area contributed by atoms with Gasteiger partial charge in [0.2, 0.25) is 0 Å². The molecule has 242 valence electrons. The molecule has 2 aromatic rings. The molecule has 43 heavy (non-hydrogen) atoms. The number of amidine groups is 1. The van der Waals surface area contributed by atoms with E-state index in [9.17, 15) is 34.4 Å². The first-order valence-electron chi connectivity index (χ1n) is 12.1. The van der Waals surface area contributed by atoms with Gasteiger partial charge < -0.3 is 10.3 Å². The van der Waals surface area contributed by atoms with E-state index in [0.717, 1.165) is 48.3 Å². The van der Waals surface area contributed by atoms with Crippen LogP contribution in [-0.2, 0) is 45.2 Å². The molecule has 1 saturated carbocycles. The molecule has 3 rings (SSSR count). The molecule has 3 atom stereocenters. The van der Waals surface area contributed by atoms with E-state index >= 15 is 4.39 Å². The van der Waals surface area contributed by atoms with E-state index in [1.807, 2.05) is 0 Å². The quantitative estimate of drug-likeness (QED) is 0.135. The predicted molar refractivity (Wildman–Crippen MR) is 148 cm³/mol. The van der Waals surface area contributed by atoms with Crippen molar-refractivity contribution in [1.29, 1.82) is 5.41 Å². The minimum Gasteiger partial charge on any atom is -0.748 e. The summed E-state index contributed by atoms with van der Waals surface area (Å²) in [5.41, 5.74) is 3.76. The summed E-state index contributed by atoms with van der Waals surface area (Å²) in [7, 11) is -12.6. The molecule has 1 fully saturated rings. The maximum atomic E-state index is 15.2. The van der Waals surface area contributed by atoms with Crippen LogP contribution in [0.1, 0.15) is 36.8 Å². The molecule has 0 amide bonds. The van der Waals surface area contributed by atoms with Gasteiger partial charge in [0, 0.05) is 17.6 Å². The van der Waals surface area contributed by atoms with Crippen LogP contribution in [-0.4, -0.2) is 59.3 Å². The summed E-state index contributed by atoms with van der Waals surface area (Å²) in [5, 5.41) is 7.15. The third-order valence-corrected chi connectivity index (χ3v) is 10.3. The number of hydrogen-bond acceptors (Lipinski definition) is 10. The molecule has 0 radical (unpaired) electrons. The van der Waals surface area contributed by atoms with E-state index in [-0.39, 0.29) is 23.8 Å². The molecule has 3 N–H and O–H groups in total. The van der Waals surface area contributed by atoms with Crippen molar-refractivity contribution >= 4 is 47.0 Å². The first-order chi connectivity index (χ1) is 19.5. The van der Waals surface area contributed by atoms with Crippen molar-refractivity contribution in [3.05, 3.63) is 65.2 Å². The molecule has 10 nitrogen and oxygen atoms in total. The average molecular weight is 696 g/mol. The number of nitrogens with two attached hydrogens (primary N) is 1. The summed E-state index contributed by atoms with van der Waals surface area (Å²) in [5.74, 6) is -2.63. The maximum absolute atomic E-state index is 15.2. The molecule has 0 saturated heterocycles. The minimum absolute atomic E-state index is 0.103. The zero-order valence-electron chi connectivity index (χ0n) is 22.6. The van der Waals surface area contributed by atoms with Crippen LogP contribution in [0.15, 0.2) is 47.4 Å². The summed E-state index contributed by atoms with van der Waals surface area (Å²) in [4.78, 5) is -0.534. The number of nitrogens with one attached hydrogen (secondary N) is 1. The lowest BCUT2D eigenvalue weighted by molar-refractivity contribution is -0.137. The Morgan fingerprint density at radius 3 is 2.12 bits per heavy atom. The number of alkyl halides is 3. The second-order valence-electron chi connectivity index (χ2n) is 9.69. The van der Waals surface area contributed by atoms with Gasteiger partial charge in [-0.3, -0.25) is 9.59 Å². The molecular formula is C24H28F5N2O8S4-. The van der Waals surface area contributed by atoms with Gasteiger partial charge in [0.1, 0.15) is 16.4 Å². The number of rotatable bonds is 8. The van der Waals surface area contributed by atoms with Gasteiger partial charge in [0.15, 0.2) is 15.0 Å². The third kappa shape index (κ3) is 10.4. The topological polar surface area (TPSA) is 185 Å². The van der Waals surface area contributed by atoms with Crippen molar-refractivity contribution < 1.29 is 55.9 Å². The largest absolute Gasteiger partial charge is 0.748 e. The number of benzene rings is 2. The number of hydrogen-bond donors (Lipinski definition) is 2. The lowest BCUT2D eigenvalue weighted by Gasteiger charge is -2.44. The maximum Gasteiger partial charge on any atom is 0.416 e. The molecule has 0 aromatic heterocycles. The zero-order valence-corrected chi connectivity index (χ0v) is 25.9. The molecule has 0 heterocycles. The van der Waals surface area contributed by atoms with Crippen molar-refractivity contribution in [2.24, 2.45) is 11.7 Å². The summed E-state index contributed by atoms with van der Waals surface area (Å²) >= 11 is 0.920. The second kappa shape index (κ2) is 13.8. The highest BCUT2D eigenvalue weighted by Crippen LogP contribution is 2.51. The molecule has 0 bridgehead atoms. The molecular weight excluding hydrogens is 668 g/mol. The van der Waals surface area contributed by atoms with Crippen LogP contribution in [0.3, 0.4) is 0 Å². The fourth-order valence-corrected chi connectivity index (χ4v) is 8.31. The normalized spacial score (nSPS) is 21.5. The van der Waals surface area contributed by atoms with Crippen LogP contribution in [0.5, 0.6) is 0 Å². The van der Waals surface area contributed by atoms with Gasteiger partial charge in [-0.1, -0.05) is 11.8 Å². The Morgan fingerprint density at radius 2 is 1.63 bits per heavy atom. The highest BCUT2D eigenvalue weighted by atomic mass is 32.2. The van der Waals surface area contributed by atoms with Crippen molar-refractivity contribution in [3.8, 4) is 0 Å². The minimum atomic E-state index is -4.73. The van der Waals surface area contributed by atoms with Gasteiger partial charge in [-0.25, -0.2) is 25.6 Å². The van der Waals surface area contributed by atoms with E-state index in [2.05, 4.69) is 0 Å². The van der Waals surface area contributed by atoms with Crippen molar-refractivity contribution in [3.63, 3.8) is 0 Å². The van der Waals surface area contributed by atoms with E-state index in [0.29, 0.717) is 18.4 Å². The average Bonchev–Trinajstić information content (AvgIpc) is 2.84. The summed E-state index contributed by atoms with van der Waals surface area (Å²) in [6.45, 7) is 0. The summed E-state index contributed by atoms with van der Waals surface area (Å²) in [6, 6.07) is 4.98. The van der Waals surface area contributed by atoms with Crippen molar-refractivity contribution in [1.82, 2.24) is 0 Å². The number of halogens is 5. The van der Waals surface area contributed by atoms with E-state index in [1.54, 1.807) is 0 Å². The summed E-state index contributed by atoms with van der Waals surface area (Å²) in [6.07, 6.45) is -5.22. The lowest BCUT2D eigenvalue weighted by atomic mass is 9.74. The molecule has 0 unspecified atom stereocenters. The first kappa shape index (κ1) is 36.9. The molecule has 0 spiro atoms. The second-order valence-corrected chi connectivity index (χ2v) is 16.1. The molecule has 2 aromatic carbocycles. The predicted octanol–water partition coefficient (Wildman–Crippen LogP) is 3.98. The molecule has 19 heteroatoms. The van der Waals surface area contributed by atoms with Crippen LogP contribution >= 0.6 is 11.8 Å². The Hall–Kier alpha value is -2.32. The van der Waals surface area contributed by atoms with E-state index in [1.165, 1.54) is 0 Å². The van der Waals surface area contributed by atoms with Gasteiger partial charge >= 0.3 is 6.18 Å². The third-order valence-electron chi connectivity index (χ3n) is 6.42. The van der Waals surface area contributed by atoms with Gasteiger partial charge in [-0.05, 0) is 74.1 Å². The first-order valence-corrected chi connectivity index (χ1v) is 18.2. The lowest BCUT2D eigenvalue weighted by Crippen LogP contribution is -2.47. The molecule has 1 aliphatic rings. The zero-order chi connectivity index (χ0) is 33.0. The van der Waals surface area contributed by atoms with Crippen LogP contribution in [0.25, 0.3) is 0 Å². The molecule has 1 aliphatic carbocycles. The van der Waals surface area contributed by atoms with Gasteiger partial charge in [-0.15, -0.1) is 0 Å². The van der Waals surface area contributed by atoms with Crippen LogP contribution in [0, 0.1) is 23.0 Å². The number of thioether (sulfide) groups is 1. The fraction of sp³-hybridized carbons (Fsp3) is 0.458. The van der Waals surface area contributed by atoms with Crippen LogP contribution < -0.4 is 5.73 Å². The monoisotopic (exact) mass is 695 g/mol. The van der Waals surface area contributed by atoms with Crippen molar-refractivity contribution in [2.45, 2.75) is 47.6 Å². The van der Waals surface area contributed by atoms with Gasteiger partial charge in [0.05, 0.1) is 32.9 Å². The Kier molecular flexibility index (Phi) is 11.8. The highest BCUT2D eigenvalue weighted by Gasteiger charge is 2.53. The standard InChI is InChI=1S/C23H25F5N2O5S3.CH4O3S/c1-37(31,32)35-20-8-10-22(13-14(20)9-11-36-21(29)30,18-12-16(24)4-7-19(18)25)38(33,34)17-5-2-15(3-6-17)23(26,27)28;1-5(2,3)4/h2-7,12,14,20H,8-11,13H2,1H3,(H3,29,30);1H3,(H,2,3,4)/p-1/t14-,20-,22-;/m1./s1. The SMILES string of the molecule is CS(=O)(=O)O[C@@H]1CC[C@@](c2cc(F)ccc2F)(S(=O)(=O)c2ccc(C(F)(F)F)cc2)C[C@H]1CCSC(=N)N.CS(=O)(=O)[O-]. The summed E-state index contributed by atoms with van der Waals surface area (Å²) < 4.78 is 151. The molecule has 0 aliphatic heterocycles. The Balaban J connectivity index is 0.00000119. The Bertz CT molecular complexity index is 1630. The van der Waals surface area contributed by atoms with Crippen LogP contribution in [0.2, 0.25) is 0 Å². The van der Waals surface area contributed by atoms with Gasteiger partial charge in [0.25, 0.3) is 10.1 Å². The van der Waals surface area contributed by atoms with Crippen molar-refractivity contribution in [2.75, 3.05) is 18.3 Å². The van der Waals surface area contributed by atoms with Gasteiger partial charge in [-0.2, -0.15) is 21.6 Å². The van der Waals surface area contributed by atoms with E-state index in [4.69, 9.17) is 28.3 Å². The fourth-order valence-electron chi connectivity index (χ4n) is 4.76. The number of sulfone groups is 1. The Morgan fingerprint density at radius 1 is 1.07 bits per heavy atom.